The topological polar surface area (TPSA) is 44.7 Å². The number of ether oxygens (including phenoxy) is 1. The summed E-state index contributed by atoms with van der Waals surface area (Å²) in [6.07, 6.45) is 1.17. The number of hydrogen-bond donors (Lipinski definition) is 2. The Hall–Kier alpha value is -0.980. The second kappa shape index (κ2) is 9.81. The number of hydrogen-bond acceptors (Lipinski definition) is 5. The van der Waals surface area contributed by atoms with Gasteiger partial charge in [0.2, 0.25) is 0 Å². The Bertz CT molecular complexity index is 728. The number of benzene rings is 2. The zero-order valence-corrected chi connectivity index (χ0v) is 16.8. The van der Waals surface area contributed by atoms with Gasteiger partial charge in [-0.2, -0.15) is 0 Å². The first-order valence-corrected chi connectivity index (χ1v) is 10.7. The van der Waals surface area contributed by atoms with E-state index in [0.717, 1.165) is 36.5 Å². The lowest BCUT2D eigenvalue weighted by Crippen LogP contribution is -2.38. The molecule has 0 radical (unpaired) electrons. The van der Waals surface area contributed by atoms with Gasteiger partial charge in [-0.1, -0.05) is 35.9 Å². The molecule has 0 aliphatic carbocycles. The molecule has 0 unspecified atom stereocenters. The summed E-state index contributed by atoms with van der Waals surface area (Å²) in [6, 6.07) is 10.4. The molecule has 0 saturated carbocycles. The highest BCUT2D eigenvalue weighted by Crippen LogP contribution is 2.36. The van der Waals surface area contributed by atoms with Crippen LogP contribution in [0.15, 0.2) is 30.3 Å². The van der Waals surface area contributed by atoms with Crippen molar-refractivity contribution in [3.63, 3.8) is 0 Å². The van der Waals surface area contributed by atoms with Gasteiger partial charge in [0.15, 0.2) is 0 Å². The maximum Gasteiger partial charge on any atom is 0.145 e. The number of nitrogens with zero attached hydrogens (tertiary/aromatic N) is 1. The maximum atomic E-state index is 9.08. The van der Waals surface area contributed by atoms with E-state index in [-0.39, 0.29) is 6.61 Å². The molecule has 26 heavy (non-hydrogen) atoms. The Balaban J connectivity index is 1.84. The number of rotatable bonds is 7. The normalized spacial score (nSPS) is 18.8. The van der Waals surface area contributed by atoms with Crippen molar-refractivity contribution in [2.45, 2.75) is 25.3 Å². The van der Waals surface area contributed by atoms with Crippen LogP contribution in [0.4, 0.5) is 0 Å². The number of fused-ring (bicyclic) bond motifs is 1. The summed E-state index contributed by atoms with van der Waals surface area (Å²) in [7, 11) is 0. The lowest BCUT2D eigenvalue weighted by molar-refractivity contribution is 0.252. The fraction of sp³-hybridized carbons (Fsp3) is 0.500. The summed E-state index contributed by atoms with van der Waals surface area (Å²) in [5.74, 6) is 1.92. The maximum absolute atomic E-state index is 9.08. The third kappa shape index (κ3) is 4.84. The Morgan fingerprint density at radius 2 is 2.15 bits per heavy atom. The van der Waals surface area contributed by atoms with Gasteiger partial charge in [0.25, 0.3) is 0 Å². The molecule has 0 amide bonds. The van der Waals surface area contributed by atoms with E-state index < -0.39 is 0 Å². The van der Waals surface area contributed by atoms with E-state index in [9.17, 15) is 0 Å². The molecule has 0 spiro atoms. The highest BCUT2D eigenvalue weighted by atomic mass is 35.5. The smallest absolute Gasteiger partial charge is 0.145 e. The highest BCUT2D eigenvalue weighted by Gasteiger charge is 2.20. The quantitative estimate of drug-likeness (QED) is 0.749. The van der Waals surface area contributed by atoms with E-state index in [4.69, 9.17) is 21.4 Å². The standard InChI is InChI=1S/C20H27ClN2O2S/c1-2-25-20-17-7-4-3-6-16(17)15(12-18(20)21)13-23-9-5-11-26-19(14-23)22-8-10-24/h3-4,6-7,12,19,22,24H,2,5,8-11,13-14H2,1H3/t19-/m0/s1. The lowest BCUT2D eigenvalue weighted by atomic mass is 10.0. The first kappa shape index (κ1) is 19.8. The molecule has 1 saturated heterocycles. The Morgan fingerprint density at radius 1 is 1.35 bits per heavy atom. The van der Waals surface area contributed by atoms with Gasteiger partial charge in [0.05, 0.1) is 23.6 Å². The molecule has 1 atom stereocenters. The molecular weight excluding hydrogens is 368 g/mol. The average molecular weight is 395 g/mol. The van der Waals surface area contributed by atoms with Crippen LogP contribution in [0.5, 0.6) is 5.75 Å². The SMILES string of the molecule is CCOc1c(Cl)cc(CN2CCCS[C@H](NCCO)C2)c2ccccc12. The van der Waals surface area contributed by atoms with Crippen molar-refractivity contribution in [3.8, 4) is 5.75 Å². The molecule has 6 heteroatoms. The van der Waals surface area contributed by atoms with E-state index in [1.165, 1.54) is 17.4 Å². The van der Waals surface area contributed by atoms with Crippen LogP contribution in [0.25, 0.3) is 10.8 Å². The number of aliphatic hydroxyl groups is 1. The van der Waals surface area contributed by atoms with Crippen LogP contribution in [0, 0.1) is 0 Å². The van der Waals surface area contributed by atoms with Crippen molar-refractivity contribution in [2.24, 2.45) is 0 Å². The molecule has 2 N–H and O–H groups in total. The molecule has 4 nitrogen and oxygen atoms in total. The van der Waals surface area contributed by atoms with Crippen LogP contribution in [-0.4, -0.2) is 54.0 Å². The van der Waals surface area contributed by atoms with Gasteiger partial charge in [-0.15, -0.1) is 11.8 Å². The monoisotopic (exact) mass is 394 g/mol. The Kier molecular flexibility index (Phi) is 7.46. The third-order valence-electron chi connectivity index (χ3n) is 4.56. The summed E-state index contributed by atoms with van der Waals surface area (Å²) in [5.41, 5.74) is 1.24. The van der Waals surface area contributed by atoms with E-state index >= 15 is 0 Å². The second-order valence-corrected chi connectivity index (χ2v) is 8.17. The predicted octanol–water partition coefficient (Wildman–Crippen LogP) is 3.74. The lowest BCUT2D eigenvalue weighted by Gasteiger charge is -2.25. The molecule has 0 bridgehead atoms. The molecule has 2 aromatic rings. The molecule has 0 aromatic heterocycles. The average Bonchev–Trinajstić information content (AvgIpc) is 2.88. The molecule has 1 aliphatic heterocycles. The van der Waals surface area contributed by atoms with Gasteiger partial charge in [0, 0.05) is 25.0 Å². The van der Waals surface area contributed by atoms with Crippen LogP contribution >= 0.6 is 23.4 Å². The molecule has 2 aromatic carbocycles. The largest absolute Gasteiger partial charge is 0.492 e. The van der Waals surface area contributed by atoms with Gasteiger partial charge in [-0.05, 0) is 42.7 Å². The summed E-state index contributed by atoms with van der Waals surface area (Å²) in [4.78, 5) is 2.48. The number of aliphatic hydroxyl groups excluding tert-OH is 1. The van der Waals surface area contributed by atoms with Crippen molar-refractivity contribution in [1.82, 2.24) is 10.2 Å². The fourth-order valence-electron chi connectivity index (χ4n) is 3.43. The van der Waals surface area contributed by atoms with Crippen molar-refractivity contribution in [1.29, 1.82) is 0 Å². The summed E-state index contributed by atoms with van der Waals surface area (Å²) < 4.78 is 5.79. The molecule has 1 aliphatic rings. The van der Waals surface area contributed by atoms with Crippen molar-refractivity contribution >= 4 is 34.1 Å². The fourth-order valence-corrected chi connectivity index (χ4v) is 4.85. The van der Waals surface area contributed by atoms with Crippen LogP contribution in [0.1, 0.15) is 18.9 Å². The molecular formula is C20H27ClN2O2S. The molecule has 1 heterocycles. The third-order valence-corrected chi connectivity index (χ3v) is 6.09. The van der Waals surface area contributed by atoms with E-state index in [1.54, 1.807) is 0 Å². The minimum Gasteiger partial charge on any atom is -0.492 e. The Labute approximate surface area is 164 Å². The van der Waals surface area contributed by atoms with Crippen molar-refractivity contribution in [3.05, 3.63) is 40.9 Å². The van der Waals surface area contributed by atoms with Gasteiger partial charge in [0.1, 0.15) is 5.75 Å². The Morgan fingerprint density at radius 3 is 2.92 bits per heavy atom. The summed E-state index contributed by atoms with van der Waals surface area (Å²) in [5, 5.41) is 15.8. The minimum absolute atomic E-state index is 0.177. The first-order chi connectivity index (χ1) is 12.7. The van der Waals surface area contributed by atoms with E-state index in [1.807, 2.05) is 24.8 Å². The highest BCUT2D eigenvalue weighted by molar-refractivity contribution is 7.99. The van der Waals surface area contributed by atoms with Crippen molar-refractivity contribution < 1.29 is 9.84 Å². The number of nitrogens with one attached hydrogen (secondary N) is 1. The van der Waals surface area contributed by atoms with Crippen LogP contribution < -0.4 is 10.1 Å². The van der Waals surface area contributed by atoms with Gasteiger partial charge < -0.3 is 15.2 Å². The zero-order chi connectivity index (χ0) is 18.4. The van der Waals surface area contributed by atoms with Crippen LogP contribution in [0.2, 0.25) is 5.02 Å². The second-order valence-electron chi connectivity index (χ2n) is 6.45. The van der Waals surface area contributed by atoms with Gasteiger partial charge >= 0.3 is 0 Å². The predicted molar refractivity (Wildman–Crippen MR) is 111 cm³/mol. The number of halogens is 1. The molecule has 3 rings (SSSR count). The van der Waals surface area contributed by atoms with Gasteiger partial charge in [-0.3, -0.25) is 4.90 Å². The summed E-state index contributed by atoms with van der Waals surface area (Å²) in [6.45, 7) is 6.30. The van der Waals surface area contributed by atoms with Crippen molar-refractivity contribution in [2.75, 3.05) is 38.6 Å². The molecule has 142 valence electrons. The number of thioether (sulfide) groups is 1. The van der Waals surface area contributed by atoms with E-state index in [2.05, 4.69) is 34.5 Å². The summed E-state index contributed by atoms with van der Waals surface area (Å²) >= 11 is 8.49. The minimum atomic E-state index is 0.177. The molecule has 1 fully saturated rings. The first-order valence-electron chi connectivity index (χ1n) is 9.24. The zero-order valence-electron chi connectivity index (χ0n) is 15.2. The van der Waals surface area contributed by atoms with Crippen LogP contribution in [0.3, 0.4) is 0 Å². The van der Waals surface area contributed by atoms with Gasteiger partial charge in [-0.25, -0.2) is 0 Å². The van der Waals surface area contributed by atoms with Crippen LogP contribution in [-0.2, 0) is 6.54 Å². The van der Waals surface area contributed by atoms with E-state index in [0.29, 0.717) is 23.5 Å².